The van der Waals surface area contributed by atoms with E-state index in [0.29, 0.717) is 40.2 Å². The number of ether oxygens (including phenoxy) is 2. The van der Waals surface area contributed by atoms with Crippen LogP contribution in [0.2, 0.25) is 0 Å². The second-order valence-electron chi connectivity index (χ2n) is 10.4. The molecule has 13 heteroatoms. The summed E-state index contributed by atoms with van der Waals surface area (Å²) in [4.78, 5) is 22.4. The molecule has 2 aliphatic heterocycles. The summed E-state index contributed by atoms with van der Waals surface area (Å²) in [5, 5.41) is 8.59. The maximum absolute atomic E-state index is 15.0. The number of hydrogen-bond acceptors (Lipinski definition) is 9. The van der Waals surface area contributed by atoms with Crippen LogP contribution in [0.25, 0.3) is 5.82 Å². The van der Waals surface area contributed by atoms with Crippen molar-refractivity contribution in [3.8, 4) is 11.5 Å². The van der Waals surface area contributed by atoms with Gasteiger partial charge in [0.2, 0.25) is 5.91 Å². The van der Waals surface area contributed by atoms with E-state index in [1.165, 1.54) is 27.9 Å². The molecule has 0 bridgehead atoms. The van der Waals surface area contributed by atoms with Crippen molar-refractivity contribution in [2.24, 2.45) is 10.7 Å². The van der Waals surface area contributed by atoms with E-state index >= 15 is 0 Å². The summed E-state index contributed by atoms with van der Waals surface area (Å²) in [7, 11) is 3.70. The molecule has 1 fully saturated rings. The van der Waals surface area contributed by atoms with Crippen LogP contribution in [-0.2, 0) is 11.3 Å². The Morgan fingerprint density at radius 2 is 2.00 bits per heavy atom. The molecule has 3 aromatic rings. The van der Waals surface area contributed by atoms with Crippen LogP contribution in [0, 0.1) is 11.6 Å². The van der Waals surface area contributed by atoms with Gasteiger partial charge in [-0.15, -0.1) is 0 Å². The van der Waals surface area contributed by atoms with Gasteiger partial charge < -0.3 is 35.2 Å². The third kappa shape index (κ3) is 6.80. The number of nitrogens with two attached hydrogens (primary N) is 1. The Morgan fingerprint density at radius 3 is 2.81 bits per heavy atom. The summed E-state index contributed by atoms with van der Waals surface area (Å²) in [5.74, 6) is -1.05. The number of anilines is 2. The number of nitrogens with one attached hydrogen (secondary N) is 1. The summed E-state index contributed by atoms with van der Waals surface area (Å²) in [6, 6.07) is 7.54. The minimum Gasteiger partial charge on any atom is -0.493 e. The van der Waals surface area contributed by atoms with Gasteiger partial charge in [-0.05, 0) is 51.2 Å². The predicted octanol–water partition coefficient (Wildman–Crippen LogP) is 1.34. The summed E-state index contributed by atoms with van der Waals surface area (Å²) in [6.45, 7) is 5.69. The molecule has 0 radical (unpaired) electrons. The average molecular weight is 583 g/mol. The van der Waals surface area contributed by atoms with Gasteiger partial charge in [0.1, 0.15) is 19.0 Å². The Labute approximate surface area is 242 Å². The molecule has 42 heavy (non-hydrogen) atoms. The third-order valence-corrected chi connectivity index (χ3v) is 7.31. The van der Waals surface area contributed by atoms with E-state index in [4.69, 9.17) is 15.2 Å². The first kappa shape index (κ1) is 29.3. The lowest BCUT2D eigenvalue weighted by molar-refractivity contribution is -0.118. The van der Waals surface area contributed by atoms with Crippen LogP contribution >= 0.6 is 0 Å². The highest BCUT2D eigenvalue weighted by molar-refractivity contribution is 5.78. The van der Waals surface area contributed by atoms with E-state index in [1.54, 1.807) is 25.4 Å². The number of likely N-dealkylation sites (N-methyl/N-ethyl adjacent to an activating group) is 1. The lowest BCUT2D eigenvalue weighted by Crippen LogP contribution is -2.43. The first-order valence-electron chi connectivity index (χ1n) is 13.9. The first-order chi connectivity index (χ1) is 20.3. The smallest absolute Gasteiger partial charge is 0.239 e. The van der Waals surface area contributed by atoms with Crippen molar-refractivity contribution in [3.63, 3.8) is 0 Å². The molecule has 5 rings (SSSR count). The van der Waals surface area contributed by atoms with E-state index < -0.39 is 17.5 Å². The van der Waals surface area contributed by atoms with Gasteiger partial charge in [0.05, 0.1) is 36.6 Å². The molecule has 3 N–H and O–H groups in total. The largest absolute Gasteiger partial charge is 0.493 e. The molecule has 2 aliphatic rings. The van der Waals surface area contributed by atoms with Crippen molar-refractivity contribution in [2.75, 3.05) is 70.4 Å². The third-order valence-electron chi connectivity index (χ3n) is 7.31. The van der Waals surface area contributed by atoms with Crippen molar-refractivity contribution in [1.82, 2.24) is 19.6 Å². The first-order valence-corrected chi connectivity index (χ1v) is 13.9. The minimum absolute atomic E-state index is 0.00966. The molecule has 0 saturated carbocycles. The predicted molar refractivity (Wildman–Crippen MR) is 155 cm³/mol. The molecule has 11 nitrogen and oxygen atoms in total. The van der Waals surface area contributed by atoms with Crippen LogP contribution in [0.5, 0.6) is 11.5 Å². The van der Waals surface area contributed by atoms with Crippen LogP contribution in [0.15, 0.2) is 47.7 Å². The molecule has 1 aromatic heterocycles. The molecule has 2 aromatic carbocycles. The van der Waals surface area contributed by atoms with Gasteiger partial charge in [0.15, 0.2) is 23.1 Å². The van der Waals surface area contributed by atoms with E-state index in [2.05, 4.69) is 32.3 Å². The molecule has 0 aliphatic carbocycles. The molecule has 1 saturated heterocycles. The average Bonchev–Trinajstić information content (AvgIpc) is 3.29. The number of rotatable bonds is 11. The van der Waals surface area contributed by atoms with E-state index in [9.17, 15) is 13.6 Å². The minimum atomic E-state index is -0.997. The Hall–Kier alpha value is -4.23. The number of carbonyl (C=O) groups excluding carboxylic acids is 1. The van der Waals surface area contributed by atoms with Gasteiger partial charge in [0, 0.05) is 37.1 Å². The molecule has 3 heterocycles. The number of methoxy groups -OCH3 is 1. The molecule has 0 atom stereocenters. The van der Waals surface area contributed by atoms with Crippen LogP contribution < -0.4 is 36.0 Å². The van der Waals surface area contributed by atoms with E-state index in [1.807, 2.05) is 0 Å². The number of nitrogens with zero attached hydrogens (tertiary/aromatic N) is 6. The Morgan fingerprint density at radius 1 is 1.14 bits per heavy atom. The van der Waals surface area contributed by atoms with Crippen LogP contribution in [0.4, 0.5) is 20.2 Å². The number of primary amides is 1. The fourth-order valence-corrected chi connectivity index (χ4v) is 5.14. The monoisotopic (exact) mass is 582 g/mol. The van der Waals surface area contributed by atoms with Gasteiger partial charge in [-0.25, -0.2) is 8.78 Å². The van der Waals surface area contributed by atoms with Crippen molar-refractivity contribution >= 4 is 23.1 Å². The van der Waals surface area contributed by atoms with Gasteiger partial charge in [0.25, 0.3) is 0 Å². The highest BCUT2D eigenvalue weighted by Gasteiger charge is 2.23. The lowest BCUT2D eigenvalue weighted by atomic mass is 10.2. The van der Waals surface area contributed by atoms with Crippen LogP contribution in [0.1, 0.15) is 12.8 Å². The molecule has 1 amide bonds. The fourth-order valence-electron chi connectivity index (χ4n) is 5.14. The molecule has 0 unspecified atom stereocenters. The maximum Gasteiger partial charge on any atom is 0.239 e. The van der Waals surface area contributed by atoms with Gasteiger partial charge in [-0.2, -0.15) is 5.10 Å². The molecular weight excluding hydrogens is 546 g/mol. The number of benzene rings is 2. The summed E-state index contributed by atoms with van der Waals surface area (Å²) < 4.78 is 42.4. The second-order valence-corrected chi connectivity index (χ2v) is 10.4. The van der Waals surface area contributed by atoms with Crippen LogP contribution in [-0.4, -0.2) is 85.6 Å². The zero-order valence-electron chi connectivity index (χ0n) is 23.9. The van der Waals surface area contributed by atoms with E-state index in [0.717, 1.165) is 51.6 Å². The van der Waals surface area contributed by atoms with Crippen molar-refractivity contribution < 1.29 is 23.0 Å². The summed E-state index contributed by atoms with van der Waals surface area (Å²) >= 11 is 0. The van der Waals surface area contributed by atoms with E-state index in [-0.39, 0.29) is 18.9 Å². The maximum atomic E-state index is 15.0. The standard InChI is InChI=1S/C29H36F2N8O3/c1-36-8-4-9-37(12-11-36)10-5-13-42-26-15-23-21(14-25(26)41-2)29(35-20-16-34-38(17-20)18-27(32)40)39(19-33-23)24-7-3-6-22(30)28(24)31/h3,6-7,14-17,35H,4-5,8-13,18-19H2,1-2H3,(H2,32,40). The number of halogens is 2. The van der Waals surface area contributed by atoms with Crippen LogP contribution in [0.3, 0.4) is 0 Å². The number of fused-ring (bicyclic) bond motifs is 1. The molecular formula is C29H36F2N8O3. The van der Waals surface area contributed by atoms with Gasteiger partial charge in [-0.1, -0.05) is 6.07 Å². The quantitative estimate of drug-likeness (QED) is 0.326. The zero-order valence-corrected chi connectivity index (χ0v) is 23.9. The number of aromatic nitrogens is 2. The zero-order chi connectivity index (χ0) is 29.6. The van der Waals surface area contributed by atoms with Crippen molar-refractivity contribution in [1.29, 1.82) is 0 Å². The Balaban J connectivity index is 1.43. The summed E-state index contributed by atoms with van der Waals surface area (Å²) in [6.07, 6.45) is 5.13. The van der Waals surface area contributed by atoms with Crippen molar-refractivity contribution in [2.45, 2.75) is 19.4 Å². The summed E-state index contributed by atoms with van der Waals surface area (Å²) in [5.41, 5.74) is 5.82. The van der Waals surface area contributed by atoms with Crippen molar-refractivity contribution in [3.05, 3.63) is 64.9 Å². The Bertz CT molecular complexity index is 1550. The number of hydrogen-bond donors (Lipinski definition) is 2. The Kier molecular flexibility index (Phi) is 9.18. The molecule has 224 valence electrons. The molecule has 0 spiro atoms. The second kappa shape index (κ2) is 13.2. The highest BCUT2D eigenvalue weighted by atomic mass is 19.2. The fraction of sp³-hybridized carbons (Fsp3) is 0.414. The topological polar surface area (TPSA) is 113 Å². The van der Waals surface area contributed by atoms with Gasteiger partial charge in [-0.3, -0.25) is 14.5 Å². The SMILES string of the molecule is COc1cc2c(cc1OCCCN1CCCN(C)CC1)=NCN(c1cccc(F)c1F)C=2Nc1cnn(CC(N)=O)c1. The number of carbonyl (C=O) groups is 1. The lowest BCUT2D eigenvalue weighted by Gasteiger charge is -2.29. The normalized spacial score (nSPS) is 16.0. The van der Waals surface area contributed by atoms with Gasteiger partial charge >= 0.3 is 0 Å². The number of amides is 1. The highest BCUT2D eigenvalue weighted by Crippen LogP contribution is 2.28.